The van der Waals surface area contributed by atoms with E-state index in [1.807, 2.05) is 18.2 Å². The summed E-state index contributed by atoms with van der Waals surface area (Å²) in [5, 5.41) is 5.39. The molecular weight excluding hydrogens is 261 g/mol. The molecule has 0 spiro atoms. The fourth-order valence-electron chi connectivity index (χ4n) is 1.31. The first-order valence-corrected chi connectivity index (χ1v) is 7.09. The van der Waals surface area contributed by atoms with Gasteiger partial charge in [0.1, 0.15) is 0 Å². The van der Waals surface area contributed by atoms with Crippen LogP contribution in [0.25, 0.3) is 0 Å². The van der Waals surface area contributed by atoms with Crippen LogP contribution in [0.15, 0.2) is 23.1 Å². The van der Waals surface area contributed by atoms with Crippen LogP contribution in [0, 0.1) is 0 Å². The minimum atomic E-state index is 0.488. The van der Waals surface area contributed by atoms with Gasteiger partial charge in [0.25, 0.3) is 0 Å². The van der Waals surface area contributed by atoms with E-state index in [4.69, 9.17) is 23.2 Å². The molecule has 0 radical (unpaired) electrons. The molecule has 0 saturated heterocycles. The van der Waals surface area contributed by atoms with Gasteiger partial charge < -0.3 is 5.32 Å². The van der Waals surface area contributed by atoms with Crippen molar-refractivity contribution in [2.24, 2.45) is 0 Å². The van der Waals surface area contributed by atoms with Gasteiger partial charge in [-0.25, -0.2) is 0 Å². The Balaban J connectivity index is 2.48. The van der Waals surface area contributed by atoms with Gasteiger partial charge in [0.15, 0.2) is 0 Å². The first kappa shape index (κ1) is 14.2. The van der Waals surface area contributed by atoms with E-state index < -0.39 is 0 Å². The highest BCUT2D eigenvalue weighted by Crippen LogP contribution is 2.32. The Labute approximate surface area is 112 Å². The Morgan fingerprint density at radius 1 is 1.38 bits per heavy atom. The number of hydrogen-bond donors (Lipinski definition) is 1. The molecule has 0 saturated carbocycles. The maximum atomic E-state index is 6.10. The van der Waals surface area contributed by atoms with Crippen molar-refractivity contribution in [1.82, 2.24) is 5.32 Å². The first-order chi connectivity index (χ1) is 7.63. The number of benzene rings is 1. The molecule has 1 unspecified atom stereocenters. The number of hydrogen-bond acceptors (Lipinski definition) is 2. The molecule has 4 heteroatoms. The molecule has 1 aromatic rings. The van der Waals surface area contributed by atoms with Gasteiger partial charge in [-0.1, -0.05) is 37.0 Å². The molecular formula is C12H17Cl2NS. The average Bonchev–Trinajstić information content (AvgIpc) is 2.24. The third kappa shape index (κ3) is 4.96. The number of halogens is 2. The molecule has 0 aliphatic heterocycles. The van der Waals surface area contributed by atoms with E-state index in [2.05, 4.69) is 19.2 Å². The van der Waals surface area contributed by atoms with E-state index in [1.165, 1.54) is 0 Å². The van der Waals surface area contributed by atoms with E-state index >= 15 is 0 Å². The fraction of sp³-hybridized carbons (Fsp3) is 0.500. The van der Waals surface area contributed by atoms with Crippen LogP contribution in [0.2, 0.25) is 10.0 Å². The van der Waals surface area contributed by atoms with Crippen molar-refractivity contribution in [3.8, 4) is 0 Å². The van der Waals surface area contributed by atoms with Gasteiger partial charge in [-0.15, -0.1) is 11.8 Å². The lowest BCUT2D eigenvalue weighted by Gasteiger charge is -2.13. The summed E-state index contributed by atoms with van der Waals surface area (Å²) in [6, 6.07) is 5.58. The third-order valence-corrected chi connectivity index (χ3v) is 3.92. The normalized spacial score (nSPS) is 12.8. The second kappa shape index (κ2) is 7.44. The highest BCUT2D eigenvalue weighted by atomic mass is 35.5. The van der Waals surface area contributed by atoms with E-state index in [0.717, 1.165) is 34.5 Å². The molecule has 1 aromatic carbocycles. The van der Waals surface area contributed by atoms with Crippen molar-refractivity contribution < 1.29 is 0 Å². The Morgan fingerprint density at radius 2 is 2.12 bits per heavy atom. The van der Waals surface area contributed by atoms with Crippen molar-refractivity contribution in [1.29, 1.82) is 0 Å². The smallest absolute Gasteiger partial charge is 0.0543 e. The predicted octanol–water partition coefficient (Wildman–Crippen LogP) is 4.47. The minimum Gasteiger partial charge on any atom is -0.316 e. The Morgan fingerprint density at radius 3 is 2.81 bits per heavy atom. The van der Waals surface area contributed by atoms with Crippen molar-refractivity contribution >= 4 is 35.0 Å². The molecule has 0 heterocycles. The van der Waals surface area contributed by atoms with Crippen LogP contribution >= 0.6 is 35.0 Å². The molecule has 0 aromatic heterocycles. The molecule has 1 N–H and O–H groups in total. The SMILES string of the molecule is CCCNCC(C)Sc1cc(Cl)ccc1Cl. The summed E-state index contributed by atoms with van der Waals surface area (Å²) in [6.45, 7) is 6.40. The van der Waals surface area contributed by atoms with Gasteiger partial charge in [0.2, 0.25) is 0 Å². The first-order valence-electron chi connectivity index (χ1n) is 5.46. The van der Waals surface area contributed by atoms with Gasteiger partial charge in [0.05, 0.1) is 5.02 Å². The molecule has 0 amide bonds. The fourth-order valence-corrected chi connectivity index (χ4v) is 2.81. The molecule has 1 rings (SSSR count). The Hall–Kier alpha value is 0.110. The molecule has 0 fully saturated rings. The molecule has 0 bridgehead atoms. The lowest BCUT2D eigenvalue weighted by molar-refractivity contribution is 0.669. The van der Waals surface area contributed by atoms with Crippen LogP contribution in [-0.2, 0) is 0 Å². The van der Waals surface area contributed by atoms with Crippen molar-refractivity contribution in [3.05, 3.63) is 28.2 Å². The average molecular weight is 278 g/mol. The summed E-state index contributed by atoms with van der Waals surface area (Å²) < 4.78 is 0. The van der Waals surface area contributed by atoms with E-state index in [0.29, 0.717) is 5.25 Å². The lowest BCUT2D eigenvalue weighted by atomic mass is 10.4. The van der Waals surface area contributed by atoms with Gasteiger partial charge in [-0.2, -0.15) is 0 Å². The third-order valence-electron chi connectivity index (χ3n) is 2.08. The molecule has 90 valence electrons. The van der Waals surface area contributed by atoms with Gasteiger partial charge in [-0.3, -0.25) is 0 Å². The van der Waals surface area contributed by atoms with E-state index in [9.17, 15) is 0 Å². The Kier molecular flexibility index (Phi) is 6.59. The van der Waals surface area contributed by atoms with Crippen LogP contribution in [0.4, 0.5) is 0 Å². The standard InChI is InChI=1S/C12H17Cl2NS/c1-3-6-15-8-9(2)16-12-7-10(13)4-5-11(12)14/h4-5,7,9,15H,3,6,8H2,1-2H3. The van der Waals surface area contributed by atoms with Gasteiger partial charge in [0, 0.05) is 21.7 Å². The number of nitrogens with one attached hydrogen (secondary N) is 1. The van der Waals surface area contributed by atoms with Crippen LogP contribution in [0.3, 0.4) is 0 Å². The van der Waals surface area contributed by atoms with Crippen LogP contribution < -0.4 is 5.32 Å². The maximum absolute atomic E-state index is 6.10. The predicted molar refractivity (Wildman–Crippen MR) is 74.9 cm³/mol. The maximum Gasteiger partial charge on any atom is 0.0543 e. The second-order valence-electron chi connectivity index (χ2n) is 3.71. The molecule has 16 heavy (non-hydrogen) atoms. The van der Waals surface area contributed by atoms with Crippen molar-refractivity contribution in [3.63, 3.8) is 0 Å². The van der Waals surface area contributed by atoms with Gasteiger partial charge in [-0.05, 0) is 31.2 Å². The zero-order valence-electron chi connectivity index (χ0n) is 9.59. The zero-order valence-corrected chi connectivity index (χ0v) is 11.9. The Bertz CT molecular complexity index is 331. The molecule has 0 aliphatic rings. The second-order valence-corrected chi connectivity index (χ2v) is 6.03. The van der Waals surface area contributed by atoms with Crippen molar-refractivity contribution in [2.45, 2.75) is 30.4 Å². The topological polar surface area (TPSA) is 12.0 Å². The summed E-state index contributed by atoms with van der Waals surface area (Å²) >= 11 is 13.8. The van der Waals surface area contributed by atoms with Crippen molar-refractivity contribution in [2.75, 3.05) is 13.1 Å². The van der Waals surface area contributed by atoms with Crippen LogP contribution in [0.5, 0.6) is 0 Å². The van der Waals surface area contributed by atoms with Gasteiger partial charge >= 0.3 is 0 Å². The number of thioether (sulfide) groups is 1. The van der Waals surface area contributed by atoms with Crippen LogP contribution in [-0.4, -0.2) is 18.3 Å². The van der Waals surface area contributed by atoms with E-state index in [-0.39, 0.29) is 0 Å². The molecule has 0 aliphatic carbocycles. The monoisotopic (exact) mass is 277 g/mol. The molecule has 1 nitrogen and oxygen atoms in total. The highest BCUT2D eigenvalue weighted by Gasteiger charge is 2.07. The zero-order chi connectivity index (χ0) is 12.0. The highest BCUT2D eigenvalue weighted by molar-refractivity contribution is 8.00. The summed E-state index contributed by atoms with van der Waals surface area (Å²) in [4.78, 5) is 1.06. The minimum absolute atomic E-state index is 0.488. The van der Waals surface area contributed by atoms with E-state index in [1.54, 1.807) is 11.8 Å². The van der Waals surface area contributed by atoms with Crippen LogP contribution in [0.1, 0.15) is 20.3 Å². The summed E-state index contributed by atoms with van der Waals surface area (Å²) in [5.41, 5.74) is 0. The lowest BCUT2D eigenvalue weighted by Crippen LogP contribution is -2.23. The number of rotatable bonds is 6. The largest absolute Gasteiger partial charge is 0.316 e. The summed E-state index contributed by atoms with van der Waals surface area (Å²) in [6.07, 6.45) is 1.16. The molecule has 1 atom stereocenters. The quantitative estimate of drug-likeness (QED) is 0.608. The summed E-state index contributed by atoms with van der Waals surface area (Å²) in [5.74, 6) is 0. The summed E-state index contributed by atoms with van der Waals surface area (Å²) in [7, 11) is 0.